The molecule has 0 aliphatic carbocycles. The monoisotopic (exact) mass is 415 g/mol. The van der Waals surface area contributed by atoms with Gasteiger partial charge in [0.25, 0.3) is 5.91 Å². The Labute approximate surface area is 186 Å². The highest BCUT2D eigenvalue weighted by molar-refractivity contribution is 5.94. The molecule has 0 heterocycles. The summed E-state index contributed by atoms with van der Waals surface area (Å²) in [5.74, 6) is 0.172. The van der Waals surface area contributed by atoms with Gasteiger partial charge in [-0.25, -0.2) is 0 Å². The molecule has 2 aromatic carbocycles. The summed E-state index contributed by atoms with van der Waals surface area (Å²) in [5.41, 5.74) is 1.86. The first kappa shape index (κ1) is 32.3. The summed E-state index contributed by atoms with van der Waals surface area (Å²) >= 11 is 0. The van der Waals surface area contributed by atoms with Gasteiger partial charge in [-0.3, -0.25) is 4.79 Å². The topological polar surface area (TPSA) is 46.2 Å². The molecule has 3 nitrogen and oxygen atoms in total. The molecular weight excluding hydrogens is 370 g/mol. The quantitative estimate of drug-likeness (QED) is 0.355. The van der Waals surface area contributed by atoms with Gasteiger partial charge in [-0.1, -0.05) is 104 Å². The zero-order valence-electron chi connectivity index (χ0n) is 20.6. The van der Waals surface area contributed by atoms with Gasteiger partial charge in [0, 0.05) is 24.4 Å². The molecule has 3 heteroatoms. The van der Waals surface area contributed by atoms with E-state index in [1.807, 2.05) is 91.8 Å². The minimum Gasteiger partial charge on any atom is -0.351 e. The van der Waals surface area contributed by atoms with E-state index in [1.165, 1.54) is 5.56 Å². The zero-order valence-corrected chi connectivity index (χ0v) is 20.6. The van der Waals surface area contributed by atoms with Crippen molar-refractivity contribution in [3.8, 4) is 0 Å². The SMILES string of the molecule is CC.CC.CC.CC.O=CCCCC(CNC(=O)c1ccccc1)c1ccccc1. The third-order valence-corrected chi connectivity index (χ3v) is 3.69. The van der Waals surface area contributed by atoms with Crippen molar-refractivity contribution in [2.24, 2.45) is 0 Å². The average Bonchev–Trinajstić information content (AvgIpc) is 2.87. The predicted octanol–water partition coefficient (Wildman–Crippen LogP) is 7.67. The van der Waals surface area contributed by atoms with E-state index < -0.39 is 0 Å². The maximum absolute atomic E-state index is 12.1. The molecule has 30 heavy (non-hydrogen) atoms. The Balaban J connectivity index is -0.000000815. The van der Waals surface area contributed by atoms with E-state index in [0.29, 0.717) is 18.5 Å². The number of aldehydes is 1. The Morgan fingerprint density at radius 3 is 1.73 bits per heavy atom. The average molecular weight is 416 g/mol. The summed E-state index contributed by atoms with van der Waals surface area (Å²) < 4.78 is 0. The standard InChI is InChI=1S/C19H21NO2.4C2H6/c21-14-8-7-13-18(16-9-3-1-4-10-16)15-20-19(22)17-11-5-2-6-12-17;4*1-2/h1-6,9-12,14,18H,7-8,13,15H2,(H,20,22);4*1-2H3. The number of rotatable bonds is 8. The third-order valence-electron chi connectivity index (χ3n) is 3.69. The van der Waals surface area contributed by atoms with Gasteiger partial charge in [-0.05, 0) is 30.5 Å². The second-order valence-corrected chi connectivity index (χ2v) is 5.28. The van der Waals surface area contributed by atoms with Crippen LogP contribution < -0.4 is 5.32 Å². The molecule has 0 saturated carbocycles. The van der Waals surface area contributed by atoms with Gasteiger partial charge in [0.15, 0.2) is 0 Å². The van der Waals surface area contributed by atoms with Crippen LogP contribution in [0.3, 0.4) is 0 Å². The van der Waals surface area contributed by atoms with Crippen molar-refractivity contribution >= 4 is 12.2 Å². The van der Waals surface area contributed by atoms with Crippen LogP contribution in [-0.4, -0.2) is 18.7 Å². The number of hydrogen-bond acceptors (Lipinski definition) is 2. The highest BCUT2D eigenvalue weighted by Crippen LogP contribution is 2.21. The van der Waals surface area contributed by atoms with Crippen LogP contribution in [0.1, 0.15) is 96.5 Å². The summed E-state index contributed by atoms with van der Waals surface area (Å²) in [5, 5.41) is 3.00. The van der Waals surface area contributed by atoms with Crippen molar-refractivity contribution in [3.63, 3.8) is 0 Å². The van der Waals surface area contributed by atoms with Crippen LogP contribution in [-0.2, 0) is 4.79 Å². The van der Waals surface area contributed by atoms with Gasteiger partial charge >= 0.3 is 0 Å². The van der Waals surface area contributed by atoms with Crippen LogP contribution in [0.5, 0.6) is 0 Å². The van der Waals surface area contributed by atoms with Crippen molar-refractivity contribution in [3.05, 3.63) is 71.8 Å². The van der Waals surface area contributed by atoms with E-state index in [4.69, 9.17) is 0 Å². The van der Waals surface area contributed by atoms with Crippen molar-refractivity contribution in [2.45, 2.75) is 80.6 Å². The molecule has 1 unspecified atom stereocenters. The van der Waals surface area contributed by atoms with Gasteiger partial charge in [-0.2, -0.15) is 0 Å². The fourth-order valence-corrected chi connectivity index (χ4v) is 2.47. The van der Waals surface area contributed by atoms with E-state index in [1.54, 1.807) is 12.1 Å². The normalized spacial score (nSPS) is 9.33. The minimum atomic E-state index is -0.0584. The van der Waals surface area contributed by atoms with Crippen LogP contribution in [0.25, 0.3) is 0 Å². The number of benzene rings is 2. The van der Waals surface area contributed by atoms with Gasteiger partial charge in [0.2, 0.25) is 0 Å². The molecule has 0 bridgehead atoms. The molecule has 1 amide bonds. The Morgan fingerprint density at radius 1 is 0.800 bits per heavy atom. The predicted molar refractivity (Wildman–Crippen MR) is 133 cm³/mol. The van der Waals surface area contributed by atoms with E-state index in [-0.39, 0.29) is 11.8 Å². The van der Waals surface area contributed by atoms with E-state index >= 15 is 0 Å². The second kappa shape index (κ2) is 26.6. The first-order valence-electron chi connectivity index (χ1n) is 11.6. The number of unbranched alkanes of at least 4 members (excludes halogenated alkanes) is 1. The van der Waals surface area contributed by atoms with Gasteiger partial charge in [-0.15, -0.1) is 0 Å². The molecule has 1 N–H and O–H groups in total. The molecule has 2 aromatic rings. The minimum absolute atomic E-state index is 0.0584. The van der Waals surface area contributed by atoms with Crippen molar-refractivity contribution in [1.29, 1.82) is 0 Å². The number of hydrogen-bond donors (Lipinski definition) is 1. The largest absolute Gasteiger partial charge is 0.351 e. The molecule has 2 rings (SSSR count). The van der Waals surface area contributed by atoms with Crippen molar-refractivity contribution < 1.29 is 9.59 Å². The fourth-order valence-electron chi connectivity index (χ4n) is 2.47. The van der Waals surface area contributed by atoms with Gasteiger partial charge in [0.05, 0.1) is 0 Å². The molecule has 0 saturated heterocycles. The fraction of sp³-hybridized carbons (Fsp3) is 0.481. The van der Waals surface area contributed by atoms with Gasteiger partial charge < -0.3 is 10.1 Å². The van der Waals surface area contributed by atoms with Gasteiger partial charge in [0.1, 0.15) is 6.29 Å². The van der Waals surface area contributed by atoms with Crippen molar-refractivity contribution in [2.75, 3.05) is 6.54 Å². The summed E-state index contributed by atoms with van der Waals surface area (Å²) in [6.07, 6.45) is 3.24. The molecule has 0 spiro atoms. The maximum Gasteiger partial charge on any atom is 0.251 e. The second-order valence-electron chi connectivity index (χ2n) is 5.28. The lowest BCUT2D eigenvalue weighted by Gasteiger charge is -2.18. The number of nitrogens with one attached hydrogen (secondary N) is 1. The maximum atomic E-state index is 12.1. The lowest BCUT2D eigenvalue weighted by Crippen LogP contribution is -2.28. The summed E-state index contributed by atoms with van der Waals surface area (Å²) in [7, 11) is 0. The molecule has 0 aromatic heterocycles. The smallest absolute Gasteiger partial charge is 0.251 e. The Bertz CT molecular complexity index is 582. The first-order chi connectivity index (χ1) is 14.8. The number of carbonyl (C=O) groups excluding carboxylic acids is 2. The molecule has 0 radical (unpaired) electrons. The summed E-state index contributed by atoms with van der Waals surface area (Å²) in [6, 6.07) is 19.3. The lowest BCUT2D eigenvalue weighted by molar-refractivity contribution is -0.107. The van der Waals surface area contributed by atoms with Crippen LogP contribution in [0.2, 0.25) is 0 Å². The van der Waals surface area contributed by atoms with Crippen LogP contribution >= 0.6 is 0 Å². The van der Waals surface area contributed by atoms with Crippen LogP contribution in [0.15, 0.2) is 60.7 Å². The number of carbonyl (C=O) groups is 2. The Morgan fingerprint density at radius 2 is 1.27 bits per heavy atom. The molecular formula is C27H45NO2. The van der Waals surface area contributed by atoms with E-state index in [0.717, 1.165) is 19.1 Å². The van der Waals surface area contributed by atoms with E-state index in [2.05, 4.69) is 17.4 Å². The highest BCUT2D eigenvalue weighted by Gasteiger charge is 2.13. The lowest BCUT2D eigenvalue weighted by atomic mass is 9.93. The molecule has 0 fully saturated rings. The molecule has 170 valence electrons. The van der Waals surface area contributed by atoms with Crippen LogP contribution in [0, 0.1) is 0 Å². The van der Waals surface area contributed by atoms with E-state index in [9.17, 15) is 9.59 Å². The Hall–Kier alpha value is -2.42. The molecule has 0 aliphatic heterocycles. The molecule has 0 aliphatic rings. The third kappa shape index (κ3) is 15.5. The number of amides is 1. The molecule has 1 atom stereocenters. The summed E-state index contributed by atoms with van der Waals surface area (Å²) in [6.45, 7) is 16.6. The van der Waals surface area contributed by atoms with Crippen molar-refractivity contribution in [1.82, 2.24) is 5.32 Å². The van der Waals surface area contributed by atoms with Crippen LogP contribution in [0.4, 0.5) is 0 Å². The Kier molecular flexibility index (Phi) is 28.6. The first-order valence-corrected chi connectivity index (χ1v) is 11.6. The highest BCUT2D eigenvalue weighted by atomic mass is 16.1. The zero-order chi connectivity index (χ0) is 23.6. The summed E-state index contributed by atoms with van der Waals surface area (Å²) in [4.78, 5) is 22.6.